The number of methoxy groups -OCH3 is 1. The topological polar surface area (TPSA) is 59.0 Å². The number of nitrogens with zero attached hydrogens (tertiary/aromatic N) is 1. The summed E-state index contributed by atoms with van der Waals surface area (Å²) < 4.78 is 10.8. The van der Waals surface area contributed by atoms with Gasteiger partial charge in [0.25, 0.3) is 0 Å². The van der Waals surface area contributed by atoms with E-state index in [1.54, 1.807) is 12.1 Å². The zero-order valence-electron chi connectivity index (χ0n) is 14.6. The van der Waals surface area contributed by atoms with E-state index >= 15 is 0 Å². The van der Waals surface area contributed by atoms with Crippen LogP contribution in [-0.2, 0) is 16.0 Å². The van der Waals surface area contributed by atoms with Crippen LogP contribution in [-0.4, -0.2) is 48.8 Å². The molecule has 2 heterocycles. The SMILES string of the molecule is COc1ccc(CCC(=O)N2CCC3(CC2)COC(C)C3)cc1O. The summed E-state index contributed by atoms with van der Waals surface area (Å²) in [7, 11) is 1.53. The van der Waals surface area contributed by atoms with Crippen molar-refractivity contribution < 1.29 is 19.4 Å². The van der Waals surface area contributed by atoms with Gasteiger partial charge in [0.2, 0.25) is 5.91 Å². The summed E-state index contributed by atoms with van der Waals surface area (Å²) in [5, 5.41) is 9.81. The number of likely N-dealkylation sites (tertiary alicyclic amines) is 1. The van der Waals surface area contributed by atoms with Crippen molar-refractivity contribution in [2.75, 3.05) is 26.8 Å². The number of hydrogen-bond donors (Lipinski definition) is 1. The number of ether oxygens (including phenoxy) is 2. The van der Waals surface area contributed by atoms with Gasteiger partial charge in [-0.25, -0.2) is 0 Å². The fourth-order valence-electron chi connectivity index (χ4n) is 3.93. The molecule has 0 radical (unpaired) electrons. The van der Waals surface area contributed by atoms with Gasteiger partial charge in [-0.05, 0) is 55.7 Å². The average molecular weight is 333 g/mol. The molecule has 1 aromatic carbocycles. The van der Waals surface area contributed by atoms with Crippen molar-refractivity contribution in [3.8, 4) is 11.5 Å². The van der Waals surface area contributed by atoms with E-state index in [9.17, 15) is 9.90 Å². The molecule has 1 spiro atoms. The van der Waals surface area contributed by atoms with E-state index in [1.807, 2.05) is 11.0 Å². The number of piperidine rings is 1. The Bertz CT molecular complexity index is 593. The third-order valence-corrected chi connectivity index (χ3v) is 5.44. The van der Waals surface area contributed by atoms with Gasteiger partial charge in [0.15, 0.2) is 11.5 Å². The molecular formula is C19H27NO4. The van der Waals surface area contributed by atoms with Crippen molar-refractivity contribution >= 4 is 5.91 Å². The maximum Gasteiger partial charge on any atom is 0.222 e. The first-order valence-corrected chi connectivity index (χ1v) is 8.77. The molecule has 1 N–H and O–H groups in total. The van der Waals surface area contributed by atoms with Crippen LogP contribution in [0.2, 0.25) is 0 Å². The first-order chi connectivity index (χ1) is 11.5. The van der Waals surface area contributed by atoms with Crippen LogP contribution in [0.25, 0.3) is 0 Å². The number of hydrogen-bond acceptors (Lipinski definition) is 4. The Hall–Kier alpha value is -1.75. The molecular weight excluding hydrogens is 306 g/mol. The molecule has 0 aromatic heterocycles. The van der Waals surface area contributed by atoms with Crippen LogP contribution in [0.15, 0.2) is 18.2 Å². The first-order valence-electron chi connectivity index (χ1n) is 8.77. The molecule has 2 saturated heterocycles. The molecule has 3 rings (SSSR count). The Morgan fingerprint density at radius 3 is 2.75 bits per heavy atom. The van der Waals surface area contributed by atoms with Crippen LogP contribution in [0.1, 0.15) is 38.2 Å². The summed E-state index contributed by atoms with van der Waals surface area (Å²) in [6.07, 6.45) is 4.69. The Kier molecular flexibility index (Phi) is 4.99. The summed E-state index contributed by atoms with van der Waals surface area (Å²) in [5.41, 5.74) is 1.26. The van der Waals surface area contributed by atoms with Crippen LogP contribution in [0.4, 0.5) is 0 Å². The Morgan fingerprint density at radius 2 is 2.17 bits per heavy atom. The minimum Gasteiger partial charge on any atom is -0.504 e. The quantitative estimate of drug-likeness (QED) is 0.920. The summed E-state index contributed by atoms with van der Waals surface area (Å²) in [5.74, 6) is 0.782. The van der Waals surface area contributed by atoms with Crippen molar-refractivity contribution in [1.82, 2.24) is 4.90 Å². The van der Waals surface area contributed by atoms with E-state index in [0.717, 1.165) is 44.5 Å². The molecule has 24 heavy (non-hydrogen) atoms. The Labute approximate surface area is 143 Å². The summed E-state index contributed by atoms with van der Waals surface area (Å²) in [6, 6.07) is 5.31. The predicted molar refractivity (Wildman–Crippen MR) is 91.3 cm³/mol. The van der Waals surface area contributed by atoms with Gasteiger partial charge in [-0.1, -0.05) is 6.07 Å². The van der Waals surface area contributed by atoms with Gasteiger partial charge >= 0.3 is 0 Å². The summed E-state index contributed by atoms with van der Waals surface area (Å²) in [6.45, 7) is 4.66. The van der Waals surface area contributed by atoms with Crippen LogP contribution in [0.3, 0.4) is 0 Å². The number of aromatic hydroxyl groups is 1. The summed E-state index contributed by atoms with van der Waals surface area (Å²) >= 11 is 0. The highest BCUT2D eigenvalue weighted by Crippen LogP contribution is 2.41. The average Bonchev–Trinajstić information content (AvgIpc) is 2.94. The molecule has 5 nitrogen and oxygen atoms in total. The van der Waals surface area contributed by atoms with Gasteiger partial charge in [-0.3, -0.25) is 4.79 Å². The maximum absolute atomic E-state index is 12.5. The first kappa shape index (κ1) is 17.1. The Balaban J connectivity index is 1.49. The number of aryl methyl sites for hydroxylation is 1. The zero-order chi connectivity index (χ0) is 17.2. The highest BCUT2D eigenvalue weighted by molar-refractivity contribution is 5.76. The lowest BCUT2D eigenvalue weighted by Crippen LogP contribution is -2.43. The summed E-state index contributed by atoms with van der Waals surface area (Å²) in [4.78, 5) is 14.4. The second kappa shape index (κ2) is 7.01. The van der Waals surface area contributed by atoms with Gasteiger partial charge < -0.3 is 19.5 Å². The smallest absolute Gasteiger partial charge is 0.222 e. The van der Waals surface area contributed by atoms with E-state index in [-0.39, 0.29) is 11.7 Å². The predicted octanol–water partition coefficient (Wildman–Crippen LogP) is 2.75. The molecule has 1 unspecified atom stereocenters. The van der Waals surface area contributed by atoms with Gasteiger partial charge in [-0.15, -0.1) is 0 Å². The number of amides is 1. The highest BCUT2D eigenvalue weighted by Gasteiger charge is 2.41. The standard InChI is InChI=1S/C19H27NO4/c1-14-12-19(13-24-14)7-9-20(10-8-19)18(22)6-4-15-3-5-17(23-2)16(21)11-15/h3,5,11,14,21H,4,6-10,12-13H2,1-2H3. The van der Waals surface area contributed by atoms with Crippen molar-refractivity contribution in [3.63, 3.8) is 0 Å². The Morgan fingerprint density at radius 1 is 1.42 bits per heavy atom. The molecule has 2 fully saturated rings. The molecule has 1 atom stereocenters. The van der Waals surface area contributed by atoms with Crippen LogP contribution >= 0.6 is 0 Å². The number of carbonyl (C=O) groups excluding carboxylic acids is 1. The lowest BCUT2D eigenvalue weighted by Gasteiger charge is -2.38. The number of phenols is 1. The monoisotopic (exact) mass is 333 g/mol. The van der Waals surface area contributed by atoms with Crippen molar-refractivity contribution in [1.29, 1.82) is 0 Å². The molecule has 132 valence electrons. The van der Waals surface area contributed by atoms with E-state index in [0.29, 0.717) is 30.1 Å². The van der Waals surface area contributed by atoms with Crippen LogP contribution in [0, 0.1) is 5.41 Å². The molecule has 0 saturated carbocycles. The van der Waals surface area contributed by atoms with Gasteiger partial charge in [0, 0.05) is 19.5 Å². The molecule has 1 aromatic rings. The van der Waals surface area contributed by atoms with Crippen molar-refractivity contribution in [3.05, 3.63) is 23.8 Å². The van der Waals surface area contributed by atoms with E-state index in [2.05, 4.69) is 6.92 Å². The minimum atomic E-state index is 0.123. The van der Waals surface area contributed by atoms with Crippen LogP contribution < -0.4 is 4.74 Å². The van der Waals surface area contributed by atoms with Gasteiger partial charge in [0.05, 0.1) is 19.8 Å². The third-order valence-electron chi connectivity index (χ3n) is 5.44. The minimum absolute atomic E-state index is 0.123. The number of benzene rings is 1. The fraction of sp³-hybridized carbons (Fsp3) is 0.632. The largest absolute Gasteiger partial charge is 0.504 e. The normalized spacial score (nSPS) is 22.8. The fourth-order valence-corrected chi connectivity index (χ4v) is 3.93. The lowest BCUT2D eigenvalue weighted by molar-refractivity contribution is -0.133. The van der Waals surface area contributed by atoms with Crippen molar-refractivity contribution in [2.24, 2.45) is 5.41 Å². The molecule has 0 aliphatic carbocycles. The number of rotatable bonds is 4. The van der Waals surface area contributed by atoms with Gasteiger partial charge in [-0.2, -0.15) is 0 Å². The van der Waals surface area contributed by atoms with Gasteiger partial charge in [0.1, 0.15) is 0 Å². The molecule has 1 amide bonds. The van der Waals surface area contributed by atoms with E-state index in [4.69, 9.17) is 9.47 Å². The maximum atomic E-state index is 12.5. The lowest BCUT2D eigenvalue weighted by atomic mass is 9.77. The van der Waals surface area contributed by atoms with Crippen molar-refractivity contribution in [2.45, 2.75) is 45.1 Å². The third kappa shape index (κ3) is 3.66. The highest BCUT2D eigenvalue weighted by atomic mass is 16.5. The second-order valence-corrected chi connectivity index (χ2v) is 7.21. The molecule has 0 bridgehead atoms. The molecule has 5 heteroatoms. The van der Waals surface area contributed by atoms with E-state index in [1.165, 1.54) is 7.11 Å². The van der Waals surface area contributed by atoms with Crippen LogP contribution in [0.5, 0.6) is 11.5 Å². The van der Waals surface area contributed by atoms with E-state index < -0.39 is 0 Å². The molecule has 2 aliphatic rings. The molecule has 2 aliphatic heterocycles. The zero-order valence-corrected chi connectivity index (χ0v) is 14.6. The second-order valence-electron chi connectivity index (χ2n) is 7.21. The number of carbonyl (C=O) groups is 1. The number of phenolic OH excluding ortho intramolecular Hbond substituents is 1.